The molecule has 1 saturated heterocycles. The van der Waals surface area contributed by atoms with Gasteiger partial charge in [-0.2, -0.15) is 0 Å². The minimum atomic E-state index is -0.351. The van der Waals surface area contributed by atoms with Crippen LogP contribution in [-0.4, -0.2) is 24.9 Å². The molecule has 0 aliphatic carbocycles. The predicted molar refractivity (Wildman–Crippen MR) is 87.9 cm³/mol. The van der Waals surface area contributed by atoms with E-state index in [1.165, 1.54) is 17.0 Å². The third-order valence-corrected chi connectivity index (χ3v) is 4.82. The first kappa shape index (κ1) is 15.7. The van der Waals surface area contributed by atoms with Crippen molar-refractivity contribution in [2.24, 2.45) is 5.92 Å². The van der Waals surface area contributed by atoms with Gasteiger partial charge in [0.1, 0.15) is 5.82 Å². The van der Waals surface area contributed by atoms with Crippen molar-refractivity contribution < 1.29 is 14.0 Å². The number of amides is 2. The standard InChI is InChI=1S/C17H17FN2O2S/c18-13-3-5-14(6-4-13)20-11-12(10-16(20)21)17(22)19-8-7-15-2-1-9-23-15/h1-6,9,12H,7-8,10-11H2,(H,19,22)/t12-/m0/s1. The summed E-state index contributed by atoms with van der Waals surface area (Å²) in [5.74, 6) is -0.895. The van der Waals surface area contributed by atoms with E-state index in [0.717, 1.165) is 6.42 Å². The Labute approximate surface area is 137 Å². The van der Waals surface area contributed by atoms with Crippen molar-refractivity contribution in [2.75, 3.05) is 18.0 Å². The summed E-state index contributed by atoms with van der Waals surface area (Å²) < 4.78 is 13.0. The molecule has 1 atom stereocenters. The maximum absolute atomic E-state index is 13.0. The third kappa shape index (κ3) is 3.76. The van der Waals surface area contributed by atoms with Gasteiger partial charge in [0, 0.05) is 30.1 Å². The Morgan fingerprint density at radius 3 is 2.78 bits per heavy atom. The Balaban J connectivity index is 1.54. The fourth-order valence-electron chi connectivity index (χ4n) is 2.66. The number of hydrogen-bond donors (Lipinski definition) is 1. The molecule has 0 spiro atoms. The molecular weight excluding hydrogens is 315 g/mol. The van der Waals surface area contributed by atoms with Crippen LogP contribution in [0.25, 0.3) is 0 Å². The van der Waals surface area contributed by atoms with E-state index in [1.54, 1.807) is 28.4 Å². The van der Waals surface area contributed by atoms with Crippen molar-refractivity contribution in [3.05, 3.63) is 52.5 Å². The molecule has 1 N–H and O–H groups in total. The zero-order valence-corrected chi connectivity index (χ0v) is 13.3. The minimum absolute atomic E-state index is 0.0977. The number of rotatable bonds is 5. The average molecular weight is 332 g/mol. The van der Waals surface area contributed by atoms with E-state index in [9.17, 15) is 14.0 Å². The van der Waals surface area contributed by atoms with Crippen molar-refractivity contribution in [1.82, 2.24) is 5.32 Å². The molecule has 0 radical (unpaired) electrons. The molecule has 0 bridgehead atoms. The van der Waals surface area contributed by atoms with Gasteiger partial charge in [-0.15, -0.1) is 11.3 Å². The number of nitrogens with one attached hydrogen (secondary N) is 1. The molecule has 2 amide bonds. The van der Waals surface area contributed by atoms with Crippen molar-refractivity contribution in [2.45, 2.75) is 12.8 Å². The maximum atomic E-state index is 13.0. The van der Waals surface area contributed by atoms with E-state index >= 15 is 0 Å². The zero-order valence-electron chi connectivity index (χ0n) is 12.5. The first-order valence-electron chi connectivity index (χ1n) is 7.49. The first-order chi connectivity index (χ1) is 11.1. The highest BCUT2D eigenvalue weighted by Gasteiger charge is 2.34. The topological polar surface area (TPSA) is 49.4 Å². The van der Waals surface area contributed by atoms with E-state index in [4.69, 9.17) is 0 Å². The zero-order chi connectivity index (χ0) is 16.2. The SMILES string of the molecule is O=C(NCCc1cccs1)[C@H]1CC(=O)N(c2ccc(F)cc2)C1. The Bertz CT molecular complexity index is 685. The third-order valence-electron chi connectivity index (χ3n) is 3.88. The van der Waals surface area contributed by atoms with Crippen LogP contribution in [0.4, 0.5) is 10.1 Å². The van der Waals surface area contributed by atoms with E-state index in [0.29, 0.717) is 18.8 Å². The van der Waals surface area contributed by atoms with Crippen LogP contribution < -0.4 is 10.2 Å². The Morgan fingerprint density at radius 2 is 2.09 bits per heavy atom. The van der Waals surface area contributed by atoms with Crippen LogP contribution in [0.5, 0.6) is 0 Å². The van der Waals surface area contributed by atoms with Crippen LogP contribution >= 0.6 is 11.3 Å². The summed E-state index contributed by atoms with van der Waals surface area (Å²) in [4.78, 5) is 27.1. The summed E-state index contributed by atoms with van der Waals surface area (Å²) in [5.41, 5.74) is 0.630. The Hall–Kier alpha value is -2.21. The lowest BCUT2D eigenvalue weighted by Gasteiger charge is -2.16. The summed E-state index contributed by atoms with van der Waals surface area (Å²) >= 11 is 1.66. The molecule has 23 heavy (non-hydrogen) atoms. The normalized spacial score (nSPS) is 17.5. The predicted octanol–water partition coefficient (Wildman–Crippen LogP) is 2.60. The van der Waals surface area contributed by atoms with Gasteiger partial charge < -0.3 is 10.2 Å². The molecule has 3 rings (SSSR count). The maximum Gasteiger partial charge on any atom is 0.227 e. The first-order valence-corrected chi connectivity index (χ1v) is 8.37. The molecule has 1 aromatic heterocycles. The van der Waals surface area contributed by atoms with Crippen molar-refractivity contribution in [3.63, 3.8) is 0 Å². The van der Waals surface area contributed by atoms with Crippen LogP contribution in [0, 0.1) is 11.7 Å². The van der Waals surface area contributed by atoms with E-state index in [-0.39, 0.29) is 30.0 Å². The fraction of sp³-hybridized carbons (Fsp3) is 0.294. The fourth-order valence-corrected chi connectivity index (χ4v) is 3.37. The van der Waals surface area contributed by atoms with Crippen LogP contribution in [0.1, 0.15) is 11.3 Å². The van der Waals surface area contributed by atoms with Gasteiger partial charge >= 0.3 is 0 Å². The van der Waals surface area contributed by atoms with E-state index in [2.05, 4.69) is 5.32 Å². The summed E-state index contributed by atoms with van der Waals surface area (Å²) in [6, 6.07) is 9.77. The second-order valence-corrected chi connectivity index (χ2v) is 6.53. The number of carbonyl (C=O) groups is 2. The van der Waals surface area contributed by atoms with Crippen molar-refractivity contribution in [3.8, 4) is 0 Å². The highest BCUT2D eigenvalue weighted by Crippen LogP contribution is 2.25. The lowest BCUT2D eigenvalue weighted by molar-refractivity contribution is -0.126. The van der Waals surface area contributed by atoms with Gasteiger partial charge in [0.05, 0.1) is 5.92 Å². The molecule has 1 aromatic carbocycles. The largest absolute Gasteiger partial charge is 0.355 e. The number of halogens is 1. The van der Waals surface area contributed by atoms with Gasteiger partial charge in [-0.1, -0.05) is 6.07 Å². The number of hydrogen-bond acceptors (Lipinski definition) is 3. The molecule has 1 aliphatic rings. The molecule has 2 heterocycles. The molecule has 0 saturated carbocycles. The number of anilines is 1. The molecule has 2 aromatic rings. The number of thiophene rings is 1. The van der Waals surface area contributed by atoms with Crippen molar-refractivity contribution in [1.29, 1.82) is 0 Å². The monoisotopic (exact) mass is 332 g/mol. The van der Waals surface area contributed by atoms with Gasteiger partial charge in [-0.25, -0.2) is 4.39 Å². The molecule has 120 valence electrons. The quantitative estimate of drug-likeness (QED) is 0.915. The summed E-state index contributed by atoms with van der Waals surface area (Å²) in [6.07, 6.45) is 0.994. The van der Waals surface area contributed by atoms with E-state index in [1.807, 2.05) is 17.5 Å². The number of carbonyl (C=O) groups excluding carboxylic acids is 2. The second-order valence-electron chi connectivity index (χ2n) is 5.50. The van der Waals surface area contributed by atoms with Crippen LogP contribution in [0.15, 0.2) is 41.8 Å². The van der Waals surface area contributed by atoms with Crippen molar-refractivity contribution >= 4 is 28.8 Å². The van der Waals surface area contributed by atoms with Crippen LogP contribution in [0.2, 0.25) is 0 Å². The molecular formula is C17H17FN2O2S. The smallest absolute Gasteiger partial charge is 0.227 e. The number of benzene rings is 1. The summed E-state index contributed by atoms with van der Waals surface area (Å²) in [7, 11) is 0. The van der Waals surface area contributed by atoms with Gasteiger partial charge in [-0.3, -0.25) is 9.59 Å². The minimum Gasteiger partial charge on any atom is -0.355 e. The molecule has 1 aliphatic heterocycles. The molecule has 4 nitrogen and oxygen atoms in total. The highest BCUT2D eigenvalue weighted by atomic mass is 32.1. The lowest BCUT2D eigenvalue weighted by Crippen LogP contribution is -2.34. The Kier molecular flexibility index (Phi) is 4.71. The molecule has 1 fully saturated rings. The van der Waals surface area contributed by atoms with Gasteiger partial charge in [0.2, 0.25) is 11.8 Å². The lowest BCUT2D eigenvalue weighted by atomic mass is 10.1. The molecule has 6 heteroatoms. The summed E-state index contributed by atoms with van der Waals surface area (Å²) in [5, 5.41) is 4.90. The summed E-state index contributed by atoms with van der Waals surface area (Å²) in [6.45, 7) is 0.913. The van der Waals surface area contributed by atoms with Crippen LogP contribution in [0.3, 0.4) is 0 Å². The Morgan fingerprint density at radius 1 is 1.30 bits per heavy atom. The van der Waals surface area contributed by atoms with Gasteiger partial charge in [0.25, 0.3) is 0 Å². The van der Waals surface area contributed by atoms with Gasteiger partial charge in [0.15, 0.2) is 0 Å². The number of nitrogens with zero attached hydrogens (tertiary/aromatic N) is 1. The van der Waals surface area contributed by atoms with Crippen LogP contribution in [-0.2, 0) is 16.0 Å². The van der Waals surface area contributed by atoms with E-state index < -0.39 is 0 Å². The average Bonchev–Trinajstić information content (AvgIpc) is 3.18. The molecule has 0 unspecified atom stereocenters. The van der Waals surface area contributed by atoms with Gasteiger partial charge in [-0.05, 0) is 42.1 Å². The highest BCUT2D eigenvalue weighted by molar-refractivity contribution is 7.09. The second kappa shape index (κ2) is 6.91.